The number of anilines is 1. The van der Waals surface area contributed by atoms with Gasteiger partial charge in [-0.1, -0.05) is 5.16 Å². The standard InChI is InChI=1S/C22H21FN6O5/c1-9-6-29-16-11(4-12-15(13-7-28(3)8-24-13)27-34-17(12)14(16)23)5-22(18(29)10(2)33-9)19(30)25-21(32)26-20(22)31/h4,7-10,18H,5-6H2,1-3H3,(H2,25,26,30,31,32). The number of morpholine rings is 1. The molecule has 1 spiro atoms. The van der Waals surface area contributed by atoms with Crippen molar-refractivity contribution in [1.82, 2.24) is 25.3 Å². The zero-order chi connectivity index (χ0) is 23.9. The lowest BCUT2D eigenvalue weighted by Gasteiger charge is -2.55. The number of imide groups is 2. The van der Waals surface area contributed by atoms with Crippen molar-refractivity contribution < 1.29 is 28.0 Å². The van der Waals surface area contributed by atoms with E-state index in [4.69, 9.17) is 9.26 Å². The molecule has 5 heterocycles. The molecule has 3 aliphatic rings. The van der Waals surface area contributed by atoms with Crippen LogP contribution in [0.2, 0.25) is 0 Å². The molecule has 0 saturated carbocycles. The van der Waals surface area contributed by atoms with Crippen LogP contribution >= 0.6 is 0 Å². The van der Waals surface area contributed by atoms with Gasteiger partial charge in [-0.05, 0) is 25.5 Å². The van der Waals surface area contributed by atoms with Gasteiger partial charge < -0.3 is 18.7 Å². The van der Waals surface area contributed by atoms with Gasteiger partial charge in [-0.3, -0.25) is 20.2 Å². The normalized spacial score (nSPS) is 25.8. The lowest BCUT2D eigenvalue weighted by atomic mass is 9.66. The van der Waals surface area contributed by atoms with Crippen molar-refractivity contribution >= 4 is 34.5 Å². The maximum absolute atomic E-state index is 16.0. The van der Waals surface area contributed by atoms with Gasteiger partial charge in [0.25, 0.3) is 0 Å². The maximum atomic E-state index is 16.0. The number of imidazole rings is 1. The quantitative estimate of drug-likeness (QED) is 0.511. The maximum Gasteiger partial charge on any atom is 0.328 e. The van der Waals surface area contributed by atoms with Gasteiger partial charge in [-0.15, -0.1) is 0 Å². The molecule has 2 aromatic heterocycles. The average molecular weight is 468 g/mol. The Hall–Kier alpha value is -3.80. The van der Waals surface area contributed by atoms with Gasteiger partial charge >= 0.3 is 6.03 Å². The number of aromatic nitrogens is 3. The molecule has 3 aliphatic heterocycles. The first-order valence-electron chi connectivity index (χ1n) is 10.9. The molecule has 34 heavy (non-hydrogen) atoms. The molecule has 3 aromatic rings. The summed E-state index contributed by atoms with van der Waals surface area (Å²) < 4.78 is 29.1. The van der Waals surface area contributed by atoms with Crippen LogP contribution in [0.4, 0.5) is 14.9 Å². The number of nitrogens with zero attached hydrogens (tertiary/aromatic N) is 4. The van der Waals surface area contributed by atoms with Crippen LogP contribution in [0.1, 0.15) is 19.4 Å². The molecule has 11 nitrogen and oxygen atoms in total. The second kappa shape index (κ2) is 6.86. The molecule has 2 fully saturated rings. The van der Waals surface area contributed by atoms with Gasteiger partial charge in [0.1, 0.15) is 11.4 Å². The van der Waals surface area contributed by atoms with Crippen molar-refractivity contribution in [1.29, 1.82) is 0 Å². The van der Waals surface area contributed by atoms with Crippen LogP contribution in [0.15, 0.2) is 23.1 Å². The van der Waals surface area contributed by atoms with E-state index in [1.165, 1.54) is 0 Å². The molecule has 0 bridgehead atoms. The number of fused-ring (bicyclic) bond motifs is 5. The highest BCUT2D eigenvalue weighted by Crippen LogP contribution is 2.49. The Labute approximate surface area is 192 Å². The van der Waals surface area contributed by atoms with E-state index in [-0.39, 0.29) is 30.3 Å². The first kappa shape index (κ1) is 20.8. The van der Waals surface area contributed by atoms with E-state index in [0.717, 1.165) is 0 Å². The number of carbonyl (C=O) groups excluding carboxylic acids is 3. The first-order valence-corrected chi connectivity index (χ1v) is 10.9. The second-order valence-corrected chi connectivity index (χ2v) is 9.17. The Morgan fingerprint density at radius 3 is 2.62 bits per heavy atom. The fraction of sp³-hybridized carbons (Fsp3) is 0.409. The third-order valence-corrected chi connectivity index (χ3v) is 6.91. The Morgan fingerprint density at radius 1 is 1.21 bits per heavy atom. The molecule has 176 valence electrons. The summed E-state index contributed by atoms with van der Waals surface area (Å²) in [5.41, 5.74) is -0.202. The minimum atomic E-state index is -1.69. The summed E-state index contributed by atoms with van der Waals surface area (Å²) in [5, 5.41) is 8.88. The fourth-order valence-corrected chi connectivity index (χ4v) is 5.67. The van der Waals surface area contributed by atoms with Crippen molar-refractivity contribution in [3.63, 3.8) is 0 Å². The minimum absolute atomic E-state index is 0.0337. The van der Waals surface area contributed by atoms with Crippen molar-refractivity contribution in [2.24, 2.45) is 12.5 Å². The van der Waals surface area contributed by atoms with Gasteiger partial charge in [-0.2, -0.15) is 0 Å². The number of amides is 4. The van der Waals surface area contributed by atoms with Crippen LogP contribution in [0.5, 0.6) is 0 Å². The first-order chi connectivity index (χ1) is 16.2. The topological polar surface area (TPSA) is 132 Å². The van der Waals surface area contributed by atoms with Crippen molar-refractivity contribution in [3.05, 3.63) is 30.0 Å². The van der Waals surface area contributed by atoms with E-state index >= 15 is 4.39 Å². The zero-order valence-electron chi connectivity index (χ0n) is 18.6. The van der Waals surface area contributed by atoms with Crippen LogP contribution in [-0.4, -0.2) is 57.3 Å². The molecule has 3 unspecified atom stereocenters. The fourth-order valence-electron chi connectivity index (χ4n) is 5.67. The lowest BCUT2D eigenvalue weighted by molar-refractivity contribution is -0.153. The van der Waals surface area contributed by atoms with E-state index < -0.39 is 41.2 Å². The summed E-state index contributed by atoms with van der Waals surface area (Å²) in [6.45, 7) is 3.81. The largest absolute Gasteiger partial charge is 0.372 e. The predicted octanol–water partition coefficient (Wildman–Crippen LogP) is 1.26. The van der Waals surface area contributed by atoms with E-state index in [2.05, 4.69) is 20.8 Å². The number of aryl methyl sites for hydroxylation is 1. The summed E-state index contributed by atoms with van der Waals surface area (Å²) >= 11 is 0. The molecule has 12 heteroatoms. The van der Waals surface area contributed by atoms with Gasteiger partial charge in [0.2, 0.25) is 17.4 Å². The number of hydrogen-bond donors (Lipinski definition) is 2. The van der Waals surface area contributed by atoms with Gasteiger partial charge in [0, 0.05) is 26.2 Å². The number of carbonyl (C=O) groups is 3. The van der Waals surface area contributed by atoms with Crippen LogP contribution < -0.4 is 15.5 Å². The molecular formula is C22H21FN6O5. The number of barbiturate groups is 1. The molecule has 0 radical (unpaired) electrons. The highest BCUT2D eigenvalue weighted by molar-refractivity contribution is 6.20. The molecule has 2 N–H and O–H groups in total. The third-order valence-electron chi connectivity index (χ3n) is 6.91. The van der Waals surface area contributed by atoms with E-state index in [1.54, 1.807) is 42.0 Å². The van der Waals surface area contributed by atoms with E-state index in [1.807, 2.05) is 6.92 Å². The molecule has 2 saturated heterocycles. The van der Waals surface area contributed by atoms with Gasteiger partial charge in [-0.25, -0.2) is 14.2 Å². The summed E-state index contributed by atoms with van der Waals surface area (Å²) in [4.78, 5) is 44.3. The molecule has 1 aromatic carbocycles. The van der Waals surface area contributed by atoms with Crippen LogP contribution in [0.25, 0.3) is 22.4 Å². The summed E-state index contributed by atoms with van der Waals surface area (Å²) in [6.07, 6.45) is 2.30. The van der Waals surface area contributed by atoms with Crippen molar-refractivity contribution in [2.75, 3.05) is 11.4 Å². The van der Waals surface area contributed by atoms with E-state index in [0.29, 0.717) is 22.3 Å². The number of hydrogen-bond acceptors (Lipinski definition) is 8. The number of urea groups is 1. The Morgan fingerprint density at radius 2 is 1.94 bits per heavy atom. The molecule has 6 rings (SSSR count). The van der Waals surface area contributed by atoms with Crippen LogP contribution in [0, 0.1) is 11.2 Å². The average Bonchev–Trinajstić information content (AvgIpc) is 3.37. The van der Waals surface area contributed by atoms with Crippen molar-refractivity contribution in [3.8, 4) is 11.4 Å². The summed E-state index contributed by atoms with van der Waals surface area (Å²) in [5.74, 6) is -2.10. The monoisotopic (exact) mass is 468 g/mol. The smallest absolute Gasteiger partial charge is 0.328 e. The van der Waals surface area contributed by atoms with E-state index in [9.17, 15) is 14.4 Å². The molecule has 4 amide bonds. The summed E-state index contributed by atoms with van der Waals surface area (Å²) in [6, 6.07) is -0.0307. The SMILES string of the molecule is CC1CN2c3c(cc4c(-c5cn(C)cn5)noc4c3F)CC3(C(=O)NC(=O)NC3=O)C2C(C)O1. The Kier molecular flexibility index (Phi) is 4.19. The predicted molar refractivity (Wildman–Crippen MR) is 115 cm³/mol. The number of benzene rings is 1. The highest BCUT2D eigenvalue weighted by Gasteiger charge is 2.63. The van der Waals surface area contributed by atoms with Crippen LogP contribution in [-0.2, 0) is 27.8 Å². The second-order valence-electron chi connectivity index (χ2n) is 9.17. The Balaban J connectivity index is 1.60. The number of nitrogens with one attached hydrogen (secondary N) is 2. The molecular weight excluding hydrogens is 447 g/mol. The van der Waals surface area contributed by atoms with Crippen molar-refractivity contribution in [2.45, 2.75) is 38.5 Å². The number of halogens is 1. The van der Waals surface area contributed by atoms with Gasteiger partial charge in [0.15, 0.2) is 11.2 Å². The number of rotatable bonds is 1. The summed E-state index contributed by atoms with van der Waals surface area (Å²) in [7, 11) is 1.80. The minimum Gasteiger partial charge on any atom is -0.372 e. The molecule has 0 aliphatic carbocycles. The lowest BCUT2D eigenvalue weighted by Crippen LogP contribution is -2.75. The van der Waals surface area contributed by atoms with Gasteiger partial charge in [0.05, 0.1) is 35.7 Å². The third kappa shape index (κ3) is 2.62. The molecule has 3 atom stereocenters. The number of ether oxygens (including phenoxy) is 1. The zero-order valence-corrected chi connectivity index (χ0v) is 18.6. The highest BCUT2D eigenvalue weighted by atomic mass is 19.1. The van der Waals surface area contributed by atoms with Crippen LogP contribution in [0.3, 0.4) is 0 Å². The Bertz CT molecular complexity index is 1380.